The van der Waals surface area contributed by atoms with Gasteiger partial charge in [0, 0.05) is 31.0 Å². The monoisotopic (exact) mass is 268 g/mol. The van der Waals surface area contributed by atoms with E-state index in [9.17, 15) is 10.1 Å². The van der Waals surface area contributed by atoms with Crippen LogP contribution in [0.3, 0.4) is 0 Å². The first-order valence-corrected chi connectivity index (χ1v) is 6.33. The number of hydrogen-bond acceptors (Lipinski definition) is 5. The number of benzene rings is 1. The van der Waals surface area contributed by atoms with E-state index in [0.29, 0.717) is 24.6 Å². The Morgan fingerprint density at radius 3 is 2.79 bits per heavy atom. The third-order valence-electron chi connectivity index (χ3n) is 2.54. The van der Waals surface area contributed by atoms with E-state index in [1.54, 1.807) is 6.07 Å². The molecule has 6 heteroatoms. The van der Waals surface area contributed by atoms with Crippen LogP contribution in [0.4, 0.5) is 11.4 Å². The summed E-state index contributed by atoms with van der Waals surface area (Å²) >= 11 is 0. The van der Waals surface area contributed by atoms with Gasteiger partial charge >= 0.3 is 0 Å². The van der Waals surface area contributed by atoms with Crippen LogP contribution in [0.2, 0.25) is 0 Å². The van der Waals surface area contributed by atoms with Crippen LogP contribution < -0.4 is 10.1 Å². The van der Waals surface area contributed by atoms with E-state index in [4.69, 9.17) is 9.84 Å². The quantitative estimate of drug-likeness (QED) is 0.558. The molecular formula is C13H20N2O4. The molecule has 19 heavy (non-hydrogen) atoms. The molecule has 0 aromatic heterocycles. The zero-order chi connectivity index (χ0) is 14.3. The fraction of sp³-hybridized carbons (Fsp3) is 0.538. The lowest BCUT2D eigenvalue weighted by Gasteiger charge is -2.12. The van der Waals surface area contributed by atoms with E-state index >= 15 is 0 Å². The van der Waals surface area contributed by atoms with E-state index in [2.05, 4.69) is 5.32 Å². The van der Waals surface area contributed by atoms with Crippen molar-refractivity contribution in [1.29, 1.82) is 0 Å². The Hall–Kier alpha value is -1.82. The maximum absolute atomic E-state index is 10.9. The molecule has 0 saturated heterocycles. The number of non-ortho nitro benzene ring substituents is 1. The maximum atomic E-state index is 10.9. The molecule has 0 saturated carbocycles. The van der Waals surface area contributed by atoms with Crippen LogP contribution >= 0.6 is 0 Å². The number of nitrogens with zero attached hydrogens (tertiary/aromatic N) is 1. The van der Waals surface area contributed by atoms with Gasteiger partial charge in [-0.3, -0.25) is 10.1 Å². The standard InChI is InChI=1S/C13H20N2O4/c1-3-4-19-13-6-11(14-8-10(2)9-16)5-12(7-13)15(17)18/h5-7,10,14,16H,3-4,8-9H2,1-2H3. The van der Waals surface area contributed by atoms with Gasteiger partial charge in [-0.25, -0.2) is 0 Å². The number of nitro benzene ring substituents is 1. The van der Waals surface area contributed by atoms with Gasteiger partial charge in [0.25, 0.3) is 5.69 Å². The number of nitro groups is 1. The summed E-state index contributed by atoms with van der Waals surface area (Å²) in [6.07, 6.45) is 0.840. The molecule has 0 heterocycles. The predicted molar refractivity (Wildman–Crippen MR) is 73.6 cm³/mol. The van der Waals surface area contributed by atoms with Gasteiger partial charge in [-0.15, -0.1) is 0 Å². The van der Waals surface area contributed by atoms with Crippen molar-refractivity contribution in [2.24, 2.45) is 5.92 Å². The molecule has 0 aliphatic rings. The third kappa shape index (κ3) is 5.13. The zero-order valence-electron chi connectivity index (χ0n) is 11.3. The number of rotatable bonds is 8. The van der Waals surface area contributed by atoms with Crippen molar-refractivity contribution in [2.45, 2.75) is 20.3 Å². The number of ether oxygens (including phenoxy) is 1. The molecule has 1 atom stereocenters. The lowest BCUT2D eigenvalue weighted by molar-refractivity contribution is -0.384. The third-order valence-corrected chi connectivity index (χ3v) is 2.54. The van der Waals surface area contributed by atoms with Gasteiger partial charge in [0.1, 0.15) is 5.75 Å². The minimum Gasteiger partial charge on any atom is -0.493 e. The molecule has 106 valence electrons. The van der Waals surface area contributed by atoms with Crippen molar-refractivity contribution in [3.8, 4) is 5.75 Å². The van der Waals surface area contributed by atoms with Gasteiger partial charge in [0.05, 0.1) is 17.6 Å². The Morgan fingerprint density at radius 2 is 2.21 bits per heavy atom. The van der Waals surface area contributed by atoms with E-state index in [0.717, 1.165) is 6.42 Å². The molecular weight excluding hydrogens is 248 g/mol. The molecule has 0 spiro atoms. The molecule has 0 aliphatic carbocycles. The van der Waals surface area contributed by atoms with E-state index in [-0.39, 0.29) is 18.2 Å². The average molecular weight is 268 g/mol. The molecule has 1 aromatic rings. The van der Waals surface area contributed by atoms with E-state index in [1.807, 2.05) is 13.8 Å². The van der Waals surface area contributed by atoms with Crippen molar-refractivity contribution in [3.63, 3.8) is 0 Å². The maximum Gasteiger partial charge on any atom is 0.275 e. The number of nitrogens with one attached hydrogen (secondary N) is 1. The van der Waals surface area contributed by atoms with Gasteiger partial charge in [0.15, 0.2) is 0 Å². The van der Waals surface area contributed by atoms with Crippen molar-refractivity contribution in [2.75, 3.05) is 25.1 Å². The molecule has 1 aromatic carbocycles. The minimum absolute atomic E-state index is 0.00671. The highest BCUT2D eigenvalue weighted by molar-refractivity contribution is 5.56. The second-order valence-electron chi connectivity index (χ2n) is 4.49. The van der Waals surface area contributed by atoms with Crippen molar-refractivity contribution >= 4 is 11.4 Å². The highest BCUT2D eigenvalue weighted by atomic mass is 16.6. The summed E-state index contributed by atoms with van der Waals surface area (Å²) < 4.78 is 5.43. The van der Waals surface area contributed by atoms with Crippen molar-refractivity contribution in [3.05, 3.63) is 28.3 Å². The summed E-state index contributed by atoms with van der Waals surface area (Å²) in [5.41, 5.74) is 0.619. The van der Waals surface area contributed by atoms with E-state index in [1.165, 1.54) is 12.1 Å². The highest BCUT2D eigenvalue weighted by Gasteiger charge is 2.11. The van der Waals surface area contributed by atoms with Gasteiger partial charge < -0.3 is 15.2 Å². The van der Waals surface area contributed by atoms with Crippen molar-refractivity contribution in [1.82, 2.24) is 0 Å². The Kier molecular flexibility index (Phi) is 6.08. The molecule has 0 amide bonds. The van der Waals surface area contributed by atoms with Crippen LogP contribution in [-0.2, 0) is 0 Å². The number of anilines is 1. The molecule has 6 nitrogen and oxygen atoms in total. The first-order valence-electron chi connectivity index (χ1n) is 6.33. The molecule has 0 radical (unpaired) electrons. The SMILES string of the molecule is CCCOc1cc(NCC(C)CO)cc([N+](=O)[O-])c1. The number of hydrogen-bond donors (Lipinski definition) is 2. The van der Waals surface area contributed by atoms with Crippen LogP contribution in [0.5, 0.6) is 5.75 Å². The molecule has 1 unspecified atom stereocenters. The Morgan fingerprint density at radius 1 is 1.47 bits per heavy atom. The molecule has 0 fully saturated rings. The van der Waals surface area contributed by atoms with E-state index < -0.39 is 4.92 Å². The summed E-state index contributed by atoms with van der Waals surface area (Å²) in [6, 6.07) is 4.60. The first-order chi connectivity index (χ1) is 9.06. The Labute approximate surface area is 112 Å². The van der Waals surface area contributed by atoms with Crippen LogP contribution in [0.15, 0.2) is 18.2 Å². The molecule has 2 N–H and O–H groups in total. The average Bonchev–Trinajstić information content (AvgIpc) is 2.42. The Bertz CT molecular complexity index is 423. The fourth-order valence-corrected chi connectivity index (χ4v) is 1.45. The number of aliphatic hydroxyl groups is 1. The van der Waals surface area contributed by atoms with Gasteiger partial charge in [-0.2, -0.15) is 0 Å². The van der Waals surface area contributed by atoms with Crippen LogP contribution in [0.1, 0.15) is 20.3 Å². The first kappa shape index (κ1) is 15.2. The highest BCUT2D eigenvalue weighted by Crippen LogP contribution is 2.26. The van der Waals surface area contributed by atoms with Crippen LogP contribution in [-0.4, -0.2) is 29.8 Å². The van der Waals surface area contributed by atoms with Gasteiger partial charge in [-0.1, -0.05) is 13.8 Å². The largest absolute Gasteiger partial charge is 0.493 e. The molecule has 1 rings (SSSR count). The summed E-state index contributed by atoms with van der Waals surface area (Å²) in [6.45, 7) is 5.00. The predicted octanol–water partition coefficient (Wildman–Crippen LogP) is 2.42. The lowest BCUT2D eigenvalue weighted by atomic mass is 10.2. The minimum atomic E-state index is -0.445. The summed E-state index contributed by atoms with van der Waals surface area (Å²) in [5, 5.41) is 22.9. The zero-order valence-corrected chi connectivity index (χ0v) is 11.3. The van der Waals surface area contributed by atoms with Crippen LogP contribution in [0.25, 0.3) is 0 Å². The molecule has 0 bridgehead atoms. The normalized spacial score (nSPS) is 11.9. The second-order valence-corrected chi connectivity index (χ2v) is 4.49. The Balaban J connectivity index is 2.83. The summed E-state index contributed by atoms with van der Waals surface area (Å²) in [4.78, 5) is 10.4. The number of aliphatic hydroxyl groups excluding tert-OH is 1. The summed E-state index contributed by atoms with van der Waals surface area (Å²) in [5.74, 6) is 0.564. The molecule has 0 aliphatic heterocycles. The summed E-state index contributed by atoms with van der Waals surface area (Å²) in [7, 11) is 0. The van der Waals surface area contributed by atoms with Crippen molar-refractivity contribution < 1.29 is 14.8 Å². The smallest absolute Gasteiger partial charge is 0.275 e. The topological polar surface area (TPSA) is 84.6 Å². The lowest BCUT2D eigenvalue weighted by Crippen LogP contribution is -2.14. The fourth-order valence-electron chi connectivity index (χ4n) is 1.45. The van der Waals surface area contributed by atoms with Crippen LogP contribution in [0, 0.1) is 16.0 Å². The van der Waals surface area contributed by atoms with Gasteiger partial charge in [0.2, 0.25) is 0 Å². The van der Waals surface area contributed by atoms with Gasteiger partial charge in [-0.05, 0) is 12.3 Å². The second kappa shape index (κ2) is 7.58.